The van der Waals surface area contributed by atoms with Gasteiger partial charge in [0.05, 0.1) is 11.6 Å². The molecule has 1 saturated heterocycles. The topological polar surface area (TPSA) is 143 Å². The average Bonchev–Trinajstić information content (AvgIpc) is 3.58. The van der Waals surface area contributed by atoms with Gasteiger partial charge in [0.15, 0.2) is 0 Å². The highest BCUT2D eigenvalue weighted by Crippen LogP contribution is 2.42. The summed E-state index contributed by atoms with van der Waals surface area (Å²) in [6, 6.07) is 18.3. The van der Waals surface area contributed by atoms with Crippen molar-refractivity contribution in [3.63, 3.8) is 0 Å². The van der Waals surface area contributed by atoms with Gasteiger partial charge in [0, 0.05) is 71.0 Å². The Morgan fingerprint density at radius 1 is 0.923 bits per heavy atom. The van der Waals surface area contributed by atoms with Gasteiger partial charge in [0.1, 0.15) is 11.7 Å². The highest BCUT2D eigenvalue weighted by molar-refractivity contribution is 5.92. The standard InChI is InChI=1S/C39H51F2N7O4/c1-4-34(49)44-32(38(52)47-20-18-46(19-21-47)25-29-8-6-5-7-9-29)22-27-10-12-28(13-11-27)24-43-37(51)35(30-14-16-39(40,41)17-15-30)31-23-33(36(42)50)48(45-31)26(2)3/h5-13,23,26,30,32,35H,4,14-22,24-25H2,1-3H3,(H2,42,50)(H,43,51)(H,44,49)/t32-,35+/m1/s1. The molecular formula is C39H51F2N7O4. The molecule has 4 N–H and O–H groups in total. The van der Waals surface area contributed by atoms with Crippen molar-refractivity contribution in [1.82, 2.24) is 30.2 Å². The smallest absolute Gasteiger partial charge is 0.266 e. The number of benzene rings is 2. The first-order valence-electron chi connectivity index (χ1n) is 18.3. The largest absolute Gasteiger partial charge is 0.364 e. The number of hydrogen-bond donors (Lipinski definition) is 3. The maximum Gasteiger partial charge on any atom is 0.266 e. The number of carbonyl (C=O) groups is 4. The molecule has 2 fully saturated rings. The molecule has 2 aromatic carbocycles. The minimum absolute atomic E-state index is 0.108. The molecule has 5 rings (SSSR count). The van der Waals surface area contributed by atoms with Gasteiger partial charge in [-0.05, 0) is 55.4 Å². The fraction of sp³-hybridized carbons (Fsp3) is 0.513. The summed E-state index contributed by atoms with van der Waals surface area (Å²) in [6.45, 7) is 9.08. The summed E-state index contributed by atoms with van der Waals surface area (Å²) >= 11 is 0. The zero-order valence-electron chi connectivity index (χ0n) is 30.3. The van der Waals surface area contributed by atoms with E-state index >= 15 is 0 Å². The third kappa shape index (κ3) is 10.0. The molecule has 1 aliphatic heterocycles. The first-order valence-corrected chi connectivity index (χ1v) is 18.3. The van der Waals surface area contributed by atoms with E-state index in [1.807, 2.05) is 61.2 Å². The number of nitrogens with zero attached hydrogens (tertiary/aromatic N) is 4. The van der Waals surface area contributed by atoms with Crippen molar-refractivity contribution in [3.05, 3.63) is 88.7 Å². The van der Waals surface area contributed by atoms with E-state index in [1.54, 1.807) is 6.92 Å². The van der Waals surface area contributed by atoms with E-state index in [2.05, 4.69) is 32.8 Å². The lowest BCUT2D eigenvalue weighted by Crippen LogP contribution is -2.55. The summed E-state index contributed by atoms with van der Waals surface area (Å²) in [5, 5.41) is 10.4. The van der Waals surface area contributed by atoms with Crippen LogP contribution in [0.15, 0.2) is 60.7 Å². The third-order valence-corrected chi connectivity index (χ3v) is 10.1. The van der Waals surface area contributed by atoms with Gasteiger partial charge in [-0.1, -0.05) is 61.5 Å². The van der Waals surface area contributed by atoms with Gasteiger partial charge < -0.3 is 21.3 Å². The molecule has 0 unspecified atom stereocenters. The minimum atomic E-state index is -2.77. The van der Waals surface area contributed by atoms with E-state index in [1.165, 1.54) is 16.3 Å². The summed E-state index contributed by atoms with van der Waals surface area (Å²) in [7, 11) is 0. The van der Waals surface area contributed by atoms with Crippen molar-refractivity contribution >= 4 is 23.6 Å². The van der Waals surface area contributed by atoms with Crippen molar-refractivity contribution in [1.29, 1.82) is 0 Å². The molecule has 0 spiro atoms. The second kappa shape index (κ2) is 17.2. The maximum absolute atomic E-state index is 14.1. The number of rotatable bonds is 14. The summed E-state index contributed by atoms with van der Waals surface area (Å²) in [5.41, 5.74) is 8.99. The summed E-state index contributed by atoms with van der Waals surface area (Å²) < 4.78 is 29.6. The molecule has 1 saturated carbocycles. The Kier molecular flexibility index (Phi) is 12.8. The lowest BCUT2D eigenvalue weighted by molar-refractivity contribution is -0.138. The lowest BCUT2D eigenvalue weighted by Gasteiger charge is -2.36. The summed E-state index contributed by atoms with van der Waals surface area (Å²) in [6.07, 6.45) is 0.248. The summed E-state index contributed by atoms with van der Waals surface area (Å²) in [5.74, 6) is -5.32. The fourth-order valence-electron chi connectivity index (χ4n) is 7.14. The molecular weight excluding hydrogens is 668 g/mol. The van der Waals surface area contributed by atoms with E-state index in [0.29, 0.717) is 25.2 Å². The molecule has 0 radical (unpaired) electrons. The van der Waals surface area contributed by atoms with Crippen molar-refractivity contribution in [3.8, 4) is 0 Å². The molecule has 2 atom stereocenters. The van der Waals surface area contributed by atoms with Crippen molar-refractivity contribution in [2.24, 2.45) is 11.7 Å². The third-order valence-electron chi connectivity index (χ3n) is 10.1. The van der Waals surface area contributed by atoms with Gasteiger partial charge in [0.25, 0.3) is 5.91 Å². The Hall–Kier alpha value is -4.65. The Morgan fingerprint density at radius 2 is 1.56 bits per heavy atom. The number of hydrogen-bond acceptors (Lipinski definition) is 6. The number of carbonyl (C=O) groups excluding carboxylic acids is 4. The van der Waals surface area contributed by atoms with Crippen LogP contribution in [0, 0.1) is 5.92 Å². The quantitative estimate of drug-likeness (QED) is 0.223. The van der Waals surface area contributed by atoms with Crippen LogP contribution < -0.4 is 16.4 Å². The van der Waals surface area contributed by atoms with Crippen LogP contribution in [0.3, 0.4) is 0 Å². The number of aromatic nitrogens is 2. The predicted molar refractivity (Wildman–Crippen MR) is 193 cm³/mol. The van der Waals surface area contributed by atoms with Crippen molar-refractivity contribution in [2.45, 2.75) is 96.3 Å². The van der Waals surface area contributed by atoms with Crippen LogP contribution in [0.5, 0.6) is 0 Å². The molecule has 1 aliphatic carbocycles. The van der Waals surface area contributed by atoms with E-state index in [-0.39, 0.29) is 74.0 Å². The number of nitrogens with two attached hydrogens (primary N) is 1. The molecule has 4 amide bonds. The zero-order valence-corrected chi connectivity index (χ0v) is 30.3. The van der Waals surface area contributed by atoms with Crippen LogP contribution in [0.1, 0.15) is 97.7 Å². The molecule has 3 aromatic rings. The van der Waals surface area contributed by atoms with Crippen LogP contribution in [0.2, 0.25) is 0 Å². The van der Waals surface area contributed by atoms with Gasteiger partial charge in [-0.2, -0.15) is 5.10 Å². The van der Waals surface area contributed by atoms with Crippen LogP contribution >= 0.6 is 0 Å². The number of nitrogens with one attached hydrogen (secondary N) is 2. The van der Waals surface area contributed by atoms with Crippen molar-refractivity contribution in [2.75, 3.05) is 26.2 Å². The van der Waals surface area contributed by atoms with Crippen LogP contribution in [-0.2, 0) is 33.9 Å². The molecule has 2 aliphatic rings. The van der Waals surface area contributed by atoms with E-state index in [9.17, 15) is 28.0 Å². The second-order valence-corrected chi connectivity index (χ2v) is 14.3. The Balaban J connectivity index is 1.22. The van der Waals surface area contributed by atoms with Gasteiger partial charge in [-0.3, -0.25) is 28.8 Å². The maximum atomic E-state index is 14.1. The minimum Gasteiger partial charge on any atom is -0.364 e. The van der Waals surface area contributed by atoms with Gasteiger partial charge >= 0.3 is 0 Å². The molecule has 0 bridgehead atoms. The summed E-state index contributed by atoms with van der Waals surface area (Å²) in [4.78, 5) is 56.2. The molecule has 2 heterocycles. The zero-order chi connectivity index (χ0) is 37.4. The van der Waals surface area contributed by atoms with Crippen LogP contribution in [-0.4, -0.2) is 81.4 Å². The number of primary amides is 1. The van der Waals surface area contributed by atoms with Gasteiger partial charge in [0.2, 0.25) is 23.6 Å². The first-order chi connectivity index (χ1) is 24.8. The number of alkyl halides is 2. The number of piperazine rings is 1. The van der Waals surface area contributed by atoms with Gasteiger partial charge in [-0.15, -0.1) is 0 Å². The SMILES string of the molecule is CCC(=O)N[C@H](Cc1ccc(CNC(=O)[C@H](c2cc(C(N)=O)n(C(C)C)n2)C2CCC(F)(F)CC2)cc1)C(=O)N1CCN(Cc2ccccc2)CC1. The molecule has 1 aromatic heterocycles. The fourth-order valence-corrected chi connectivity index (χ4v) is 7.14. The number of halogens is 2. The monoisotopic (exact) mass is 719 g/mol. The van der Waals surface area contributed by atoms with Crippen molar-refractivity contribution < 1.29 is 28.0 Å². The Labute approximate surface area is 304 Å². The predicted octanol–water partition coefficient (Wildman–Crippen LogP) is 4.57. The van der Waals surface area contributed by atoms with E-state index in [0.717, 1.165) is 30.8 Å². The van der Waals surface area contributed by atoms with E-state index < -0.39 is 23.8 Å². The number of amides is 4. The first kappa shape index (κ1) is 38.6. The second-order valence-electron chi connectivity index (χ2n) is 14.3. The highest BCUT2D eigenvalue weighted by atomic mass is 19.3. The Bertz CT molecular complexity index is 1680. The molecule has 52 heavy (non-hydrogen) atoms. The molecule has 13 heteroatoms. The van der Waals surface area contributed by atoms with Crippen LogP contribution in [0.25, 0.3) is 0 Å². The highest BCUT2D eigenvalue weighted by Gasteiger charge is 2.41. The Morgan fingerprint density at radius 3 is 2.13 bits per heavy atom. The molecule has 280 valence electrons. The van der Waals surface area contributed by atoms with Gasteiger partial charge in [-0.25, -0.2) is 8.78 Å². The average molecular weight is 720 g/mol. The normalized spacial score (nSPS) is 17.8. The molecule has 11 nitrogen and oxygen atoms in total. The van der Waals surface area contributed by atoms with Crippen LogP contribution in [0.4, 0.5) is 8.78 Å². The van der Waals surface area contributed by atoms with E-state index in [4.69, 9.17) is 5.73 Å². The lowest BCUT2D eigenvalue weighted by atomic mass is 9.76.